The molecular weight excluding hydrogens is 670 g/mol. The van der Waals surface area contributed by atoms with E-state index in [0.717, 1.165) is 19.6 Å². The second-order valence-electron chi connectivity index (χ2n) is 8.69. The molecule has 0 atom stereocenters. The van der Waals surface area contributed by atoms with E-state index in [-0.39, 0.29) is 5.28 Å². The number of methoxy groups -OCH3 is 4. The van der Waals surface area contributed by atoms with Crippen molar-refractivity contribution < 1.29 is 18.9 Å². The molecule has 0 saturated carbocycles. The number of aromatic nitrogens is 3. The van der Waals surface area contributed by atoms with Crippen LogP contribution in [0, 0.1) is 0 Å². The highest BCUT2D eigenvalue weighted by molar-refractivity contribution is 8.18. The smallest absolute Gasteiger partial charge is 0.252 e. The molecule has 0 radical (unpaired) electrons. The number of hydrogen-bond donors (Lipinski definition) is 0. The van der Waals surface area contributed by atoms with Crippen molar-refractivity contribution in [3.8, 4) is 23.0 Å². The van der Waals surface area contributed by atoms with Crippen LogP contribution in [0.3, 0.4) is 0 Å². The van der Waals surface area contributed by atoms with Crippen LogP contribution in [-0.4, -0.2) is 43.4 Å². The van der Waals surface area contributed by atoms with Crippen LogP contribution in [0.2, 0.25) is 5.28 Å². The van der Waals surface area contributed by atoms with Gasteiger partial charge in [-0.15, -0.1) is 0 Å². The molecule has 9 nitrogen and oxygen atoms in total. The SMILES string of the molecule is COc1ccccc1SN(Sc1ccccc1OC)c1nc(Cl)nc(N(Sc2ccccc2OC)Sc2ccccc2OC)n1. The molecule has 4 aromatic carbocycles. The summed E-state index contributed by atoms with van der Waals surface area (Å²) in [6.45, 7) is 0. The minimum Gasteiger partial charge on any atom is -0.496 e. The van der Waals surface area contributed by atoms with Crippen LogP contribution in [0.25, 0.3) is 0 Å². The highest BCUT2D eigenvalue weighted by Gasteiger charge is 2.25. The summed E-state index contributed by atoms with van der Waals surface area (Å²) in [7, 11) is 6.54. The van der Waals surface area contributed by atoms with Crippen molar-refractivity contribution >= 4 is 71.3 Å². The lowest BCUT2D eigenvalue weighted by Crippen LogP contribution is -2.14. The molecule has 0 N–H and O–H groups in total. The number of benzene rings is 4. The van der Waals surface area contributed by atoms with E-state index in [4.69, 9.17) is 35.5 Å². The molecule has 0 amide bonds. The predicted molar refractivity (Wildman–Crippen MR) is 185 cm³/mol. The Hall–Kier alpha value is -3.62. The van der Waals surface area contributed by atoms with Crippen LogP contribution >= 0.6 is 59.4 Å². The van der Waals surface area contributed by atoms with Gasteiger partial charge in [0.1, 0.15) is 23.0 Å². The summed E-state index contributed by atoms with van der Waals surface area (Å²) in [6, 6.07) is 30.9. The lowest BCUT2D eigenvalue weighted by molar-refractivity contribution is 0.404. The van der Waals surface area contributed by atoms with Crippen LogP contribution in [0.1, 0.15) is 0 Å². The largest absolute Gasteiger partial charge is 0.496 e. The van der Waals surface area contributed by atoms with Gasteiger partial charge in [-0.05, 0) is 60.1 Å². The molecule has 0 unspecified atom stereocenters. The van der Waals surface area contributed by atoms with Gasteiger partial charge in [0.15, 0.2) is 0 Å². The Morgan fingerprint density at radius 1 is 0.444 bits per heavy atom. The number of halogens is 1. The van der Waals surface area contributed by atoms with Crippen LogP contribution in [0.15, 0.2) is 117 Å². The average Bonchev–Trinajstić information content (AvgIpc) is 3.08. The molecule has 5 rings (SSSR count). The third kappa shape index (κ3) is 8.35. The molecule has 0 bridgehead atoms. The summed E-state index contributed by atoms with van der Waals surface area (Å²) in [5.74, 6) is 3.43. The summed E-state index contributed by atoms with van der Waals surface area (Å²) in [6.07, 6.45) is 0. The number of nitrogens with zero attached hydrogens (tertiary/aromatic N) is 5. The first kappa shape index (κ1) is 32.8. The Bertz CT molecular complexity index is 1520. The lowest BCUT2D eigenvalue weighted by atomic mass is 10.3. The highest BCUT2D eigenvalue weighted by Crippen LogP contribution is 2.46. The van der Waals surface area contributed by atoms with Crippen molar-refractivity contribution in [1.82, 2.24) is 15.0 Å². The van der Waals surface area contributed by atoms with Gasteiger partial charge in [0.05, 0.1) is 48.0 Å². The summed E-state index contributed by atoms with van der Waals surface area (Å²) in [5.41, 5.74) is 0. The zero-order valence-corrected chi connectivity index (χ0v) is 28.6. The second kappa shape index (κ2) is 16.1. The topological polar surface area (TPSA) is 82.1 Å². The van der Waals surface area contributed by atoms with Crippen molar-refractivity contribution in [2.24, 2.45) is 0 Å². The Morgan fingerprint density at radius 3 is 0.978 bits per heavy atom. The molecule has 1 heterocycles. The quantitative estimate of drug-likeness (QED) is 0.104. The summed E-state index contributed by atoms with van der Waals surface area (Å²) >= 11 is 12.2. The van der Waals surface area contributed by atoms with Crippen molar-refractivity contribution in [3.05, 3.63) is 102 Å². The highest BCUT2D eigenvalue weighted by atomic mass is 35.5. The zero-order valence-electron chi connectivity index (χ0n) is 24.6. The van der Waals surface area contributed by atoms with E-state index in [0.29, 0.717) is 34.9 Å². The van der Waals surface area contributed by atoms with Gasteiger partial charge in [0, 0.05) is 47.8 Å². The van der Waals surface area contributed by atoms with Gasteiger partial charge < -0.3 is 18.9 Å². The normalized spacial score (nSPS) is 10.7. The fourth-order valence-corrected chi connectivity index (χ4v) is 8.13. The van der Waals surface area contributed by atoms with E-state index >= 15 is 0 Å². The van der Waals surface area contributed by atoms with E-state index in [1.807, 2.05) is 104 Å². The van der Waals surface area contributed by atoms with Gasteiger partial charge >= 0.3 is 0 Å². The Kier molecular flexibility index (Phi) is 11.7. The molecule has 0 aliphatic heterocycles. The van der Waals surface area contributed by atoms with Crippen molar-refractivity contribution in [1.29, 1.82) is 0 Å². The summed E-state index contributed by atoms with van der Waals surface area (Å²) in [4.78, 5) is 17.4. The summed E-state index contributed by atoms with van der Waals surface area (Å²) in [5, 5.41) is 0.0208. The number of para-hydroxylation sites is 4. The van der Waals surface area contributed by atoms with Gasteiger partial charge in [0.25, 0.3) is 11.9 Å². The van der Waals surface area contributed by atoms with Gasteiger partial charge in [-0.25, -0.2) is 7.42 Å². The third-order valence-corrected chi connectivity index (χ3v) is 10.4. The molecule has 0 saturated heterocycles. The average molecular weight is 698 g/mol. The van der Waals surface area contributed by atoms with Gasteiger partial charge in [0.2, 0.25) is 5.28 Å². The van der Waals surface area contributed by atoms with Crippen molar-refractivity contribution in [2.45, 2.75) is 19.6 Å². The van der Waals surface area contributed by atoms with Gasteiger partial charge in [-0.3, -0.25) is 0 Å². The van der Waals surface area contributed by atoms with E-state index in [1.165, 1.54) is 47.8 Å². The van der Waals surface area contributed by atoms with Crippen LogP contribution in [-0.2, 0) is 0 Å². The Balaban J connectivity index is 1.60. The van der Waals surface area contributed by atoms with Crippen LogP contribution < -0.4 is 26.4 Å². The standard InChI is InChI=1S/C31H28ClN5O4S4/c1-38-21-13-5-9-17-25(21)42-36(43-26-18-10-6-14-22(26)39-2)30-33-29(32)34-31(35-30)37(44-27-19-11-7-15-23(27)40-3)45-28-20-12-8-16-24(28)41-4/h5-20H,1-4H3. The molecule has 45 heavy (non-hydrogen) atoms. The number of hydrogen-bond acceptors (Lipinski definition) is 13. The third-order valence-electron chi connectivity index (χ3n) is 5.91. The number of anilines is 2. The minimum absolute atomic E-state index is 0.0208. The lowest BCUT2D eigenvalue weighted by Gasteiger charge is -2.24. The molecule has 0 spiro atoms. The molecule has 0 aliphatic carbocycles. The van der Waals surface area contributed by atoms with E-state index in [2.05, 4.69) is 9.97 Å². The fraction of sp³-hybridized carbons (Fsp3) is 0.129. The second-order valence-corrected chi connectivity index (χ2v) is 13.4. The molecule has 0 fully saturated rings. The molecule has 14 heteroatoms. The van der Waals surface area contributed by atoms with E-state index in [9.17, 15) is 0 Å². The number of rotatable bonds is 14. The first-order valence-electron chi connectivity index (χ1n) is 13.3. The maximum atomic E-state index is 6.63. The summed E-state index contributed by atoms with van der Waals surface area (Å²) < 4.78 is 26.3. The zero-order chi connectivity index (χ0) is 31.6. The van der Waals surface area contributed by atoms with Crippen molar-refractivity contribution in [3.63, 3.8) is 0 Å². The molecule has 0 aliphatic rings. The van der Waals surface area contributed by atoms with Crippen LogP contribution in [0.5, 0.6) is 23.0 Å². The fourth-order valence-electron chi connectivity index (χ4n) is 3.83. The van der Waals surface area contributed by atoms with Crippen molar-refractivity contribution in [2.75, 3.05) is 35.9 Å². The van der Waals surface area contributed by atoms with Gasteiger partial charge in [-0.1, -0.05) is 48.5 Å². The van der Waals surface area contributed by atoms with E-state index < -0.39 is 0 Å². The minimum atomic E-state index is 0.0208. The molecular formula is C31H28ClN5O4S4. The monoisotopic (exact) mass is 697 g/mol. The Labute approximate surface area is 284 Å². The number of ether oxygens (including phenoxy) is 4. The first-order valence-corrected chi connectivity index (χ1v) is 16.8. The van der Waals surface area contributed by atoms with Crippen LogP contribution in [0.4, 0.5) is 11.9 Å². The maximum Gasteiger partial charge on any atom is 0.252 e. The van der Waals surface area contributed by atoms with Gasteiger partial charge in [-0.2, -0.15) is 15.0 Å². The molecule has 5 aromatic rings. The maximum absolute atomic E-state index is 6.63. The molecule has 1 aromatic heterocycles. The molecule has 232 valence electrons. The Morgan fingerprint density at radius 2 is 0.711 bits per heavy atom. The first-order chi connectivity index (χ1) is 22.0. The van der Waals surface area contributed by atoms with E-state index in [1.54, 1.807) is 28.4 Å². The predicted octanol–water partition coefficient (Wildman–Crippen LogP) is 9.00.